The van der Waals surface area contributed by atoms with Gasteiger partial charge in [-0.15, -0.1) is 0 Å². The molecule has 1 radical (unpaired) electrons. The van der Waals surface area contributed by atoms with Gasteiger partial charge >= 0.3 is 5.97 Å². The number of rotatable bonds is 4. The van der Waals surface area contributed by atoms with Crippen molar-refractivity contribution in [2.45, 2.75) is 32.8 Å². The van der Waals surface area contributed by atoms with Crippen molar-refractivity contribution in [3.63, 3.8) is 0 Å². The molecule has 10 heavy (non-hydrogen) atoms. The summed E-state index contributed by atoms with van der Waals surface area (Å²) in [5.41, 5.74) is 0. The summed E-state index contributed by atoms with van der Waals surface area (Å²) >= 11 is 0. The maximum absolute atomic E-state index is 10.6. The second-order valence-electron chi connectivity index (χ2n) is 2.10. The first-order valence-corrected chi connectivity index (χ1v) is 3.36. The Hall–Kier alpha value is -0.570. The van der Waals surface area contributed by atoms with Gasteiger partial charge in [-0.25, -0.2) is 0 Å². The van der Waals surface area contributed by atoms with E-state index in [1.165, 1.54) is 0 Å². The van der Waals surface area contributed by atoms with Crippen molar-refractivity contribution in [2.75, 3.05) is 0 Å². The van der Waals surface area contributed by atoms with Gasteiger partial charge in [0.25, 0.3) is 0 Å². The van der Waals surface area contributed by atoms with Crippen molar-refractivity contribution in [3.05, 3.63) is 6.61 Å². The van der Waals surface area contributed by atoms with Crippen LogP contribution in [0.1, 0.15) is 26.7 Å². The molecule has 0 amide bonds. The number of carbonyl (C=O) groups excluding carboxylic acids is 1. The minimum absolute atomic E-state index is 0.0235. The van der Waals surface area contributed by atoms with Crippen LogP contribution in [0.3, 0.4) is 0 Å². The SMILES string of the molecule is CCC(C)OC(=O)C[CH]O. The van der Waals surface area contributed by atoms with E-state index in [-0.39, 0.29) is 18.5 Å². The van der Waals surface area contributed by atoms with Gasteiger partial charge in [-0.1, -0.05) is 6.92 Å². The van der Waals surface area contributed by atoms with Crippen LogP contribution in [0.15, 0.2) is 0 Å². The molecule has 3 heteroatoms. The fraction of sp³-hybridized carbons (Fsp3) is 0.714. The van der Waals surface area contributed by atoms with Gasteiger partial charge in [-0.05, 0) is 13.3 Å². The molecule has 0 spiro atoms. The van der Waals surface area contributed by atoms with E-state index < -0.39 is 0 Å². The number of ether oxygens (including phenoxy) is 1. The van der Waals surface area contributed by atoms with E-state index in [0.29, 0.717) is 0 Å². The Morgan fingerprint density at radius 1 is 1.80 bits per heavy atom. The third kappa shape index (κ3) is 4.32. The van der Waals surface area contributed by atoms with Crippen LogP contribution in [-0.2, 0) is 9.53 Å². The van der Waals surface area contributed by atoms with Crippen molar-refractivity contribution in [3.8, 4) is 0 Å². The maximum Gasteiger partial charge on any atom is 0.308 e. The summed E-state index contributed by atoms with van der Waals surface area (Å²) < 4.78 is 4.81. The van der Waals surface area contributed by atoms with Gasteiger partial charge in [0.15, 0.2) is 0 Å². The van der Waals surface area contributed by atoms with Crippen LogP contribution >= 0.6 is 0 Å². The highest BCUT2D eigenvalue weighted by molar-refractivity contribution is 5.70. The molecule has 0 heterocycles. The molecule has 0 aromatic carbocycles. The van der Waals surface area contributed by atoms with Crippen LogP contribution in [0.2, 0.25) is 0 Å². The summed E-state index contributed by atoms with van der Waals surface area (Å²) in [4.78, 5) is 10.6. The second-order valence-corrected chi connectivity index (χ2v) is 2.10. The first kappa shape index (κ1) is 9.43. The van der Waals surface area contributed by atoms with Crippen LogP contribution < -0.4 is 0 Å². The average Bonchev–Trinajstić information content (AvgIpc) is 1.88. The lowest BCUT2D eigenvalue weighted by molar-refractivity contribution is -0.148. The zero-order valence-electron chi connectivity index (χ0n) is 6.33. The zero-order valence-corrected chi connectivity index (χ0v) is 6.33. The van der Waals surface area contributed by atoms with Crippen LogP contribution in [0.5, 0.6) is 0 Å². The molecule has 0 bridgehead atoms. The Labute approximate surface area is 61.0 Å². The molecule has 0 fully saturated rings. The molecule has 1 atom stereocenters. The minimum atomic E-state index is -0.378. The minimum Gasteiger partial charge on any atom is -0.463 e. The summed E-state index contributed by atoms with van der Waals surface area (Å²) in [5, 5.41) is 8.20. The van der Waals surface area contributed by atoms with E-state index in [2.05, 4.69) is 0 Å². The number of hydrogen-bond acceptors (Lipinski definition) is 3. The molecule has 0 aromatic heterocycles. The predicted octanol–water partition coefficient (Wildman–Crippen LogP) is 1.25. The smallest absolute Gasteiger partial charge is 0.308 e. The summed E-state index contributed by atoms with van der Waals surface area (Å²) in [5.74, 6) is -0.378. The molecule has 0 saturated heterocycles. The molecule has 3 nitrogen and oxygen atoms in total. The van der Waals surface area contributed by atoms with Crippen molar-refractivity contribution < 1.29 is 14.6 Å². The molecule has 1 unspecified atom stereocenters. The van der Waals surface area contributed by atoms with Crippen molar-refractivity contribution in [2.24, 2.45) is 0 Å². The molecule has 1 N–H and O–H groups in total. The molecule has 0 rings (SSSR count). The predicted molar refractivity (Wildman–Crippen MR) is 36.7 cm³/mol. The van der Waals surface area contributed by atoms with Crippen molar-refractivity contribution >= 4 is 5.97 Å². The normalized spacial score (nSPS) is 12.7. The van der Waals surface area contributed by atoms with Gasteiger partial charge < -0.3 is 9.84 Å². The van der Waals surface area contributed by atoms with E-state index in [4.69, 9.17) is 9.84 Å². The van der Waals surface area contributed by atoms with Crippen LogP contribution in [-0.4, -0.2) is 17.2 Å². The number of aliphatic hydroxyl groups is 1. The standard InChI is InChI=1S/C7H13O3/c1-3-6(2)10-7(9)4-5-8/h5-6,8H,3-4H2,1-2H3. The van der Waals surface area contributed by atoms with Crippen molar-refractivity contribution in [1.82, 2.24) is 0 Å². The molecular formula is C7H13O3. The van der Waals surface area contributed by atoms with E-state index in [0.717, 1.165) is 13.0 Å². The molecule has 0 aliphatic carbocycles. The quantitative estimate of drug-likeness (QED) is 0.605. The highest BCUT2D eigenvalue weighted by atomic mass is 16.5. The number of carbonyl (C=O) groups is 1. The van der Waals surface area contributed by atoms with E-state index in [1.807, 2.05) is 13.8 Å². The third-order valence-corrected chi connectivity index (χ3v) is 1.17. The summed E-state index contributed by atoms with van der Waals surface area (Å²) in [7, 11) is 0. The Morgan fingerprint density at radius 2 is 2.40 bits per heavy atom. The van der Waals surface area contributed by atoms with Gasteiger partial charge in [0.1, 0.15) is 0 Å². The molecule has 0 aromatic rings. The van der Waals surface area contributed by atoms with Gasteiger partial charge in [-0.2, -0.15) is 0 Å². The van der Waals surface area contributed by atoms with E-state index >= 15 is 0 Å². The molecule has 59 valence electrons. The highest BCUT2D eigenvalue weighted by Gasteiger charge is 2.05. The lowest BCUT2D eigenvalue weighted by atomic mass is 10.3. The van der Waals surface area contributed by atoms with Gasteiger partial charge in [0.2, 0.25) is 0 Å². The summed E-state index contributed by atoms with van der Waals surface area (Å²) in [6, 6.07) is 0. The Morgan fingerprint density at radius 3 is 2.80 bits per heavy atom. The molecule has 0 aliphatic heterocycles. The number of esters is 1. The van der Waals surface area contributed by atoms with E-state index in [1.54, 1.807) is 0 Å². The van der Waals surface area contributed by atoms with Gasteiger partial charge in [0.05, 0.1) is 19.1 Å². The number of hydrogen-bond donors (Lipinski definition) is 1. The van der Waals surface area contributed by atoms with Crippen LogP contribution in [0, 0.1) is 6.61 Å². The first-order chi connectivity index (χ1) is 4.70. The van der Waals surface area contributed by atoms with Gasteiger partial charge in [0, 0.05) is 0 Å². The monoisotopic (exact) mass is 145 g/mol. The maximum atomic E-state index is 10.6. The van der Waals surface area contributed by atoms with Crippen molar-refractivity contribution in [1.29, 1.82) is 0 Å². The third-order valence-electron chi connectivity index (χ3n) is 1.17. The zero-order chi connectivity index (χ0) is 7.98. The summed E-state index contributed by atoms with van der Waals surface area (Å²) in [6.07, 6.45) is 0.731. The Kier molecular flexibility index (Phi) is 4.94. The average molecular weight is 145 g/mol. The lowest BCUT2D eigenvalue weighted by Gasteiger charge is -2.08. The fourth-order valence-electron chi connectivity index (χ4n) is 0.430. The number of aliphatic hydroxyl groups excluding tert-OH is 1. The Bertz CT molecular complexity index is 101. The topological polar surface area (TPSA) is 46.5 Å². The fourth-order valence-corrected chi connectivity index (χ4v) is 0.430. The largest absolute Gasteiger partial charge is 0.463 e. The lowest BCUT2D eigenvalue weighted by Crippen LogP contribution is -2.13. The molecule has 0 aliphatic rings. The van der Waals surface area contributed by atoms with E-state index in [9.17, 15) is 4.79 Å². The Balaban J connectivity index is 3.37. The second kappa shape index (κ2) is 5.23. The summed E-state index contributed by atoms with van der Waals surface area (Å²) in [6.45, 7) is 4.54. The molecule has 0 saturated carbocycles. The molecular weight excluding hydrogens is 132 g/mol. The van der Waals surface area contributed by atoms with Crippen LogP contribution in [0.25, 0.3) is 0 Å². The highest BCUT2D eigenvalue weighted by Crippen LogP contribution is 1.98. The van der Waals surface area contributed by atoms with Crippen LogP contribution in [0.4, 0.5) is 0 Å². The first-order valence-electron chi connectivity index (χ1n) is 3.36. The van der Waals surface area contributed by atoms with Gasteiger partial charge in [-0.3, -0.25) is 4.79 Å².